The molecule has 1 atom stereocenters. The van der Waals surface area contributed by atoms with E-state index in [4.69, 9.17) is 0 Å². The van der Waals surface area contributed by atoms with Crippen molar-refractivity contribution in [2.75, 3.05) is 0 Å². The Kier molecular flexibility index (Phi) is 4.50. The normalized spacial score (nSPS) is 23.6. The summed E-state index contributed by atoms with van der Waals surface area (Å²) in [6, 6.07) is 0. The third-order valence-corrected chi connectivity index (χ3v) is 2.90. The Balaban J connectivity index is 3.04. The van der Waals surface area contributed by atoms with Crippen LogP contribution in [0.5, 0.6) is 0 Å². The Hall–Kier alpha value is -1.24. The Labute approximate surface area is 110 Å². The SMILES string of the molecule is CCCCC1=C[C@](O)(C(F)(F)F)N(C(=O)C(C)C)N1. The van der Waals surface area contributed by atoms with Crippen LogP contribution in [0.25, 0.3) is 0 Å². The van der Waals surface area contributed by atoms with Crippen LogP contribution in [-0.4, -0.2) is 27.9 Å². The van der Waals surface area contributed by atoms with Gasteiger partial charge in [-0.25, -0.2) is 5.01 Å². The van der Waals surface area contributed by atoms with Gasteiger partial charge in [0.15, 0.2) is 0 Å². The monoisotopic (exact) mass is 280 g/mol. The zero-order chi connectivity index (χ0) is 14.8. The fourth-order valence-corrected chi connectivity index (χ4v) is 1.75. The van der Waals surface area contributed by atoms with Crippen molar-refractivity contribution in [1.29, 1.82) is 0 Å². The number of carbonyl (C=O) groups excluding carboxylic acids is 1. The molecule has 7 heteroatoms. The number of rotatable bonds is 4. The molecule has 0 radical (unpaired) electrons. The number of unbranched alkanes of at least 4 members (excludes halogenated alkanes) is 1. The quantitative estimate of drug-likeness (QED) is 0.831. The Morgan fingerprint density at radius 1 is 1.53 bits per heavy atom. The van der Waals surface area contributed by atoms with Crippen molar-refractivity contribution in [3.63, 3.8) is 0 Å². The van der Waals surface area contributed by atoms with Gasteiger partial charge in [0.25, 0.3) is 5.72 Å². The number of nitrogens with one attached hydrogen (secondary N) is 1. The number of carbonyl (C=O) groups is 1. The summed E-state index contributed by atoms with van der Waals surface area (Å²) in [5, 5.41) is 10.1. The minimum Gasteiger partial charge on any atom is -0.359 e. The van der Waals surface area contributed by atoms with Crippen LogP contribution in [0.2, 0.25) is 0 Å². The van der Waals surface area contributed by atoms with E-state index < -0.39 is 23.7 Å². The van der Waals surface area contributed by atoms with E-state index in [9.17, 15) is 23.1 Å². The van der Waals surface area contributed by atoms with Crippen molar-refractivity contribution in [1.82, 2.24) is 10.4 Å². The van der Waals surface area contributed by atoms with Crippen molar-refractivity contribution in [3.05, 3.63) is 11.8 Å². The van der Waals surface area contributed by atoms with Gasteiger partial charge in [-0.3, -0.25) is 10.2 Å². The highest BCUT2D eigenvalue weighted by molar-refractivity contribution is 5.79. The molecular weight excluding hydrogens is 261 g/mol. The summed E-state index contributed by atoms with van der Waals surface area (Å²) in [5.74, 6) is -1.46. The molecule has 0 fully saturated rings. The predicted molar refractivity (Wildman–Crippen MR) is 63.4 cm³/mol. The molecule has 1 heterocycles. The molecule has 110 valence electrons. The molecule has 0 saturated heterocycles. The molecule has 0 aliphatic carbocycles. The standard InChI is InChI=1S/C12H19F3N2O2/c1-4-5-6-9-7-11(19,12(13,14)15)17(16-9)10(18)8(2)3/h7-8,16,19H,4-6H2,1-3H3/t11-/m0/s1. The summed E-state index contributed by atoms with van der Waals surface area (Å²) in [7, 11) is 0. The Morgan fingerprint density at radius 2 is 2.11 bits per heavy atom. The van der Waals surface area contributed by atoms with E-state index in [-0.39, 0.29) is 10.7 Å². The first kappa shape index (κ1) is 15.8. The van der Waals surface area contributed by atoms with Crippen LogP contribution in [0, 0.1) is 5.92 Å². The van der Waals surface area contributed by atoms with Crippen LogP contribution < -0.4 is 5.43 Å². The maximum atomic E-state index is 13.0. The number of hydrazine groups is 1. The average Bonchev–Trinajstić information content (AvgIpc) is 2.63. The summed E-state index contributed by atoms with van der Waals surface area (Å²) in [6.07, 6.45) is -2.42. The van der Waals surface area contributed by atoms with Gasteiger partial charge in [-0.1, -0.05) is 27.2 Å². The molecule has 0 aromatic rings. The second-order valence-corrected chi connectivity index (χ2v) is 4.94. The molecule has 0 spiro atoms. The van der Waals surface area contributed by atoms with Crippen LogP contribution in [0.3, 0.4) is 0 Å². The molecule has 1 rings (SSSR count). The van der Waals surface area contributed by atoms with E-state index in [2.05, 4.69) is 5.43 Å². The van der Waals surface area contributed by atoms with Crippen LogP contribution in [0.15, 0.2) is 11.8 Å². The van der Waals surface area contributed by atoms with Gasteiger partial charge >= 0.3 is 6.18 Å². The molecule has 0 unspecified atom stereocenters. The number of halogens is 3. The number of nitrogens with zero attached hydrogens (tertiary/aromatic N) is 1. The lowest BCUT2D eigenvalue weighted by Crippen LogP contribution is -2.61. The average molecular weight is 280 g/mol. The van der Waals surface area contributed by atoms with Crippen LogP contribution in [-0.2, 0) is 4.79 Å². The summed E-state index contributed by atoms with van der Waals surface area (Å²) in [5.41, 5.74) is -0.669. The molecule has 0 bridgehead atoms. The lowest BCUT2D eigenvalue weighted by Gasteiger charge is -2.34. The number of amides is 1. The highest BCUT2D eigenvalue weighted by atomic mass is 19.4. The van der Waals surface area contributed by atoms with Gasteiger partial charge in [0.1, 0.15) is 0 Å². The summed E-state index contributed by atoms with van der Waals surface area (Å²) in [4.78, 5) is 11.8. The van der Waals surface area contributed by atoms with Crippen molar-refractivity contribution in [2.45, 2.75) is 51.9 Å². The first-order valence-electron chi connectivity index (χ1n) is 6.25. The number of aliphatic hydroxyl groups is 1. The third kappa shape index (κ3) is 3.02. The second-order valence-electron chi connectivity index (χ2n) is 4.94. The smallest absolute Gasteiger partial charge is 0.359 e. The van der Waals surface area contributed by atoms with Crippen molar-refractivity contribution >= 4 is 5.91 Å². The topological polar surface area (TPSA) is 52.6 Å². The largest absolute Gasteiger partial charge is 0.442 e. The highest BCUT2D eigenvalue weighted by Gasteiger charge is 2.61. The maximum absolute atomic E-state index is 13.0. The highest BCUT2D eigenvalue weighted by Crippen LogP contribution is 2.39. The van der Waals surface area contributed by atoms with Crippen molar-refractivity contribution < 1.29 is 23.1 Å². The Morgan fingerprint density at radius 3 is 2.53 bits per heavy atom. The molecule has 1 amide bonds. The van der Waals surface area contributed by atoms with Crippen molar-refractivity contribution in [2.24, 2.45) is 5.92 Å². The minimum absolute atomic E-state index is 0.218. The van der Waals surface area contributed by atoms with E-state index in [0.29, 0.717) is 18.9 Å². The zero-order valence-electron chi connectivity index (χ0n) is 11.2. The summed E-state index contributed by atoms with van der Waals surface area (Å²) < 4.78 is 39.0. The first-order chi connectivity index (χ1) is 8.63. The van der Waals surface area contributed by atoms with Gasteiger partial charge in [0.05, 0.1) is 0 Å². The summed E-state index contributed by atoms with van der Waals surface area (Å²) >= 11 is 0. The third-order valence-electron chi connectivity index (χ3n) is 2.90. The number of hydrogen-bond acceptors (Lipinski definition) is 3. The van der Waals surface area contributed by atoms with E-state index in [1.807, 2.05) is 6.92 Å². The van der Waals surface area contributed by atoms with Gasteiger partial charge in [-0.2, -0.15) is 13.2 Å². The van der Waals surface area contributed by atoms with E-state index in [1.54, 1.807) is 0 Å². The van der Waals surface area contributed by atoms with Crippen LogP contribution in [0.1, 0.15) is 40.0 Å². The van der Waals surface area contributed by atoms with Crippen molar-refractivity contribution in [3.8, 4) is 0 Å². The predicted octanol–water partition coefficient (Wildman–Crippen LogP) is 2.31. The first-order valence-corrected chi connectivity index (χ1v) is 6.25. The van der Waals surface area contributed by atoms with Crippen LogP contribution >= 0.6 is 0 Å². The van der Waals surface area contributed by atoms with Gasteiger partial charge < -0.3 is 5.11 Å². The maximum Gasteiger partial charge on any atom is 0.442 e. The Bertz CT molecular complexity index is 380. The summed E-state index contributed by atoms with van der Waals surface area (Å²) in [6.45, 7) is 4.86. The van der Waals surface area contributed by atoms with Gasteiger partial charge in [-0.15, -0.1) is 0 Å². The van der Waals surface area contributed by atoms with Crippen LogP contribution in [0.4, 0.5) is 13.2 Å². The molecular formula is C12H19F3N2O2. The van der Waals surface area contributed by atoms with Gasteiger partial charge in [0, 0.05) is 11.6 Å². The molecule has 2 N–H and O–H groups in total. The minimum atomic E-state index is -4.95. The molecule has 4 nitrogen and oxygen atoms in total. The lowest BCUT2D eigenvalue weighted by molar-refractivity contribution is -0.289. The van der Waals surface area contributed by atoms with Gasteiger partial charge in [-0.05, 0) is 18.9 Å². The fraction of sp³-hybridized carbons (Fsp3) is 0.750. The number of alkyl halides is 3. The lowest BCUT2D eigenvalue weighted by atomic mass is 10.1. The van der Waals surface area contributed by atoms with E-state index >= 15 is 0 Å². The molecule has 19 heavy (non-hydrogen) atoms. The fourth-order valence-electron chi connectivity index (χ4n) is 1.75. The second kappa shape index (κ2) is 5.40. The van der Waals surface area contributed by atoms with Gasteiger partial charge in [0.2, 0.25) is 5.91 Å². The molecule has 1 aliphatic rings. The molecule has 0 aromatic carbocycles. The molecule has 1 aliphatic heterocycles. The molecule has 0 saturated carbocycles. The zero-order valence-corrected chi connectivity index (χ0v) is 11.2. The number of hydrogen-bond donors (Lipinski definition) is 2. The van der Waals surface area contributed by atoms with E-state index in [1.165, 1.54) is 13.8 Å². The van der Waals surface area contributed by atoms with E-state index in [0.717, 1.165) is 6.42 Å². The molecule has 0 aromatic heterocycles. The number of allylic oxidation sites excluding steroid dienone is 1.